The summed E-state index contributed by atoms with van der Waals surface area (Å²) in [5, 5.41) is 0. The molecule has 0 radical (unpaired) electrons. The van der Waals surface area contributed by atoms with Crippen LogP contribution in [0, 0.1) is 11.8 Å². The van der Waals surface area contributed by atoms with Crippen LogP contribution >= 0.6 is 0 Å². The van der Waals surface area contributed by atoms with E-state index in [9.17, 15) is 9.59 Å². The van der Waals surface area contributed by atoms with Gasteiger partial charge >= 0.3 is 11.9 Å². The normalized spacial score (nSPS) is 12.3. The van der Waals surface area contributed by atoms with E-state index < -0.39 is 0 Å². The van der Waals surface area contributed by atoms with Crippen LogP contribution in [0.1, 0.15) is 33.1 Å². The van der Waals surface area contributed by atoms with Crippen LogP contribution in [0.2, 0.25) is 0 Å². The topological polar surface area (TPSA) is 52.6 Å². The SMILES string of the molecule is COC(=O)CCC[C@H](C(=O)OC)C(C)C. The summed E-state index contributed by atoms with van der Waals surface area (Å²) in [5.41, 5.74) is 0. The molecule has 0 amide bonds. The van der Waals surface area contributed by atoms with Crippen molar-refractivity contribution in [3.8, 4) is 0 Å². The Hall–Kier alpha value is -1.06. The van der Waals surface area contributed by atoms with E-state index in [0.29, 0.717) is 19.3 Å². The number of ether oxygens (including phenoxy) is 2. The van der Waals surface area contributed by atoms with Gasteiger partial charge in [-0.3, -0.25) is 9.59 Å². The van der Waals surface area contributed by atoms with Crippen molar-refractivity contribution in [1.82, 2.24) is 0 Å². The third kappa shape index (κ3) is 5.40. The van der Waals surface area contributed by atoms with E-state index in [1.54, 1.807) is 0 Å². The largest absolute Gasteiger partial charge is 0.469 e. The second-order valence-corrected chi connectivity index (χ2v) is 3.84. The summed E-state index contributed by atoms with van der Waals surface area (Å²) < 4.78 is 9.23. The molecule has 0 unspecified atom stereocenters. The molecule has 4 nitrogen and oxygen atoms in total. The minimum Gasteiger partial charge on any atom is -0.469 e. The molecule has 0 spiro atoms. The molecule has 0 aromatic rings. The van der Waals surface area contributed by atoms with Gasteiger partial charge in [0.25, 0.3) is 0 Å². The molecule has 0 fully saturated rings. The summed E-state index contributed by atoms with van der Waals surface area (Å²) in [6.07, 6.45) is 1.68. The van der Waals surface area contributed by atoms with Crippen LogP contribution < -0.4 is 0 Å². The van der Waals surface area contributed by atoms with E-state index >= 15 is 0 Å². The van der Waals surface area contributed by atoms with Crippen molar-refractivity contribution in [2.45, 2.75) is 33.1 Å². The maximum atomic E-state index is 11.4. The first-order valence-electron chi connectivity index (χ1n) is 5.17. The van der Waals surface area contributed by atoms with E-state index in [1.807, 2.05) is 13.8 Å². The standard InChI is InChI=1S/C11H20O4/c1-8(2)9(11(13)15-4)6-5-7-10(12)14-3/h8-9H,5-7H2,1-4H3/t9-/m0/s1. The van der Waals surface area contributed by atoms with Crippen LogP contribution in [0.4, 0.5) is 0 Å². The summed E-state index contributed by atoms with van der Waals surface area (Å²) in [6, 6.07) is 0. The highest BCUT2D eigenvalue weighted by atomic mass is 16.5. The Bertz CT molecular complexity index is 211. The van der Waals surface area contributed by atoms with Crippen LogP contribution in [0.15, 0.2) is 0 Å². The Morgan fingerprint density at radius 1 is 1.13 bits per heavy atom. The van der Waals surface area contributed by atoms with Crippen molar-refractivity contribution >= 4 is 11.9 Å². The van der Waals surface area contributed by atoms with Crippen molar-refractivity contribution in [2.24, 2.45) is 11.8 Å². The summed E-state index contributed by atoms with van der Waals surface area (Å²) in [7, 11) is 2.75. The number of esters is 2. The molecule has 0 bridgehead atoms. The molecule has 4 heteroatoms. The Morgan fingerprint density at radius 3 is 2.13 bits per heavy atom. The first-order valence-corrected chi connectivity index (χ1v) is 5.17. The molecular formula is C11H20O4. The number of methoxy groups -OCH3 is 2. The first kappa shape index (κ1) is 13.9. The second kappa shape index (κ2) is 7.26. The van der Waals surface area contributed by atoms with Crippen LogP contribution in [-0.2, 0) is 19.1 Å². The third-order valence-electron chi connectivity index (χ3n) is 2.43. The summed E-state index contributed by atoms with van der Waals surface area (Å²) in [6.45, 7) is 3.94. The lowest BCUT2D eigenvalue weighted by Crippen LogP contribution is -2.21. The number of hydrogen-bond donors (Lipinski definition) is 0. The van der Waals surface area contributed by atoms with Crippen molar-refractivity contribution in [3.05, 3.63) is 0 Å². The van der Waals surface area contributed by atoms with Gasteiger partial charge in [-0.1, -0.05) is 13.8 Å². The summed E-state index contributed by atoms with van der Waals surface area (Å²) in [4.78, 5) is 22.2. The lowest BCUT2D eigenvalue weighted by atomic mass is 9.91. The molecule has 1 atom stereocenters. The highest BCUT2D eigenvalue weighted by Gasteiger charge is 2.22. The van der Waals surface area contributed by atoms with Gasteiger partial charge in [0.05, 0.1) is 20.1 Å². The van der Waals surface area contributed by atoms with Gasteiger partial charge in [-0.15, -0.1) is 0 Å². The minimum atomic E-state index is -0.234. The highest BCUT2D eigenvalue weighted by molar-refractivity contribution is 5.72. The zero-order valence-electron chi connectivity index (χ0n) is 9.91. The molecular weight excluding hydrogens is 196 g/mol. The third-order valence-corrected chi connectivity index (χ3v) is 2.43. The number of hydrogen-bond acceptors (Lipinski definition) is 4. The molecule has 0 aromatic carbocycles. The zero-order chi connectivity index (χ0) is 11.8. The van der Waals surface area contributed by atoms with E-state index in [1.165, 1.54) is 14.2 Å². The van der Waals surface area contributed by atoms with Gasteiger partial charge in [0.1, 0.15) is 0 Å². The van der Waals surface area contributed by atoms with Crippen molar-refractivity contribution < 1.29 is 19.1 Å². The van der Waals surface area contributed by atoms with Gasteiger partial charge in [0, 0.05) is 6.42 Å². The molecule has 88 valence electrons. The molecule has 0 aliphatic rings. The fourth-order valence-electron chi connectivity index (χ4n) is 1.44. The van der Waals surface area contributed by atoms with Crippen LogP contribution in [-0.4, -0.2) is 26.2 Å². The molecule has 0 saturated heterocycles. The average molecular weight is 216 g/mol. The highest BCUT2D eigenvalue weighted by Crippen LogP contribution is 2.19. The zero-order valence-corrected chi connectivity index (χ0v) is 9.91. The average Bonchev–Trinajstić information content (AvgIpc) is 2.22. The molecule has 0 aliphatic heterocycles. The van der Waals surface area contributed by atoms with Gasteiger partial charge in [0.15, 0.2) is 0 Å². The molecule has 0 heterocycles. The van der Waals surface area contributed by atoms with Gasteiger partial charge in [-0.25, -0.2) is 0 Å². The van der Waals surface area contributed by atoms with E-state index in [-0.39, 0.29) is 23.8 Å². The number of rotatable bonds is 6. The monoisotopic (exact) mass is 216 g/mol. The van der Waals surface area contributed by atoms with Crippen LogP contribution in [0.3, 0.4) is 0 Å². The Morgan fingerprint density at radius 2 is 1.73 bits per heavy atom. The van der Waals surface area contributed by atoms with E-state index in [0.717, 1.165) is 0 Å². The summed E-state index contributed by atoms with van der Waals surface area (Å²) in [5.74, 6) is -0.327. The Kier molecular flexibility index (Phi) is 6.75. The second-order valence-electron chi connectivity index (χ2n) is 3.84. The van der Waals surface area contributed by atoms with Crippen molar-refractivity contribution in [3.63, 3.8) is 0 Å². The van der Waals surface area contributed by atoms with Crippen molar-refractivity contribution in [1.29, 1.82) is 0 Å². The molecule has 15 heavy (non-hydrogen) atoms. The smallest absolute Gasteiger partial charge is 0.308 e. The lowest BCUT2D eigenvalue weighted by Gasteiger charge is -2.17. The first-order chi connectivity index (χ1) is 7.02. The van der Waals surface area contributed by atoms with Gasteiger partial charge in [-0.05, 0) is 18.8 Å². The summed E-state index contributed by atoms with van der Waals surface area (Å²) >= 11 is 0. The van der Waals surface area contributed by atoms with E-state index in [4.69, 9.17) is 4.74 Å². The number of carbonyl (C=O) groups is 2. The lowest BCUT2D eigenvalue weighted by molar-refractivity contribution is -0.148. The van der Waals surface area contributed by atoms with Crippen LogP contribution in [0.25, 0.3) is 0 Å². The maximum absolute atomic E-state index is 11.4. The molecule has 0 N–H and O–H groups in total. The van der Waals surface area contributed by atoms with Crippen LogP contribution in [0.5, 0.6) is 0 Å². The number of carbonyl (C=O) groups excluding carboxylic acids is 2. The quantitative estimate of drug-likeness (QED) is 0.635. The molecule has 0 aliphatic carbocycles. The Balaban J connectivity index is 3.97. The molecule has 0 saturated carbocycles. The van der Waals surface area contributed by atoms with Crippen molar-refractivity contribution in [2.75, 3.05) is 14.2 Å². The fourth-order valence-corrected chi connectivity index (χ4v) is 1.44. The molecule has 0 aromatic heterocycles. The van der Waals surface area contributed by atoms with Gasteiger partial charge < -0.3 is 9.47 Å². The maximum Gasteiger partial charge on any atom is 0.308 e. The minimum absolute atomic E-state index is 0.125. The Labute approximate surface area is 90.9 Å². The van der Waals surface area contributed by atoms with Gasteiger partial charge in [0.2, 0.25) is 0 Å². The fraction of sp³-hybridized carbons (Fsp3) is 0.818. The predicted molar refractivity (Wildman–Crippen MR) is 56.2 cm³/mol. The van der Waals surface area contributed by atoms with Gasteiger partial charge in [-0.2, -0.15) is 0 Å². The molecule has 0 rings (SSSR count). The predicted octanol–water partition coefficient (Wildman–Crippen LogP) is 1.77. The van der Waals surface area contributed by atoms with E-state index in [2.05, 4.69) is 4.74 Å².